The van der Waals surface area contributed by atoms with Crippen LogP contribution in [0.25, 0.3) is 22.6 Å². The van der Waals surface area contributed by atoms with Crippen LogP contribution in [0, 0.1) is 10.7 Å². The van der Waals surface area contributed by atoms with E-state index in [0.29, 0.717) is 21.6 Å². The lowest BCUT2D eigenvalue weighted by molar-refractivity contribution is 0.179. The number of nitrogens with zero attached hydrogens (tertiary/aromatic N) is 7. The summed E-state index contributed by atoms with van der Waals surface area (Å²) in [6.07, 6.45) is 0.459. The number of halogens is 1. The third-order valence-corrected chi connectivity index (χ3v) is 4.58. The zero-order valence-corrected chi connectivity index (χ0v) is 16.6. The molecule has 0 atom stereocenters. The normalized spacial score (nSPS) is 10.8. The third kappa shape index (κ3) is 3.51. The van der Waals surface area contributed by atoms with Crippen LogP contribution in [0.1, 0.15) is 5.56 Å². The van der Waals surface area contributed by atoms with Gasteiger partial charge in [-0.15, -0.1) is 9.92 Å². The van der Waals surface area contributed by atoms with Crippen LogP contribution >= 0.6 is 0 Å². The largest absolute Gasteiger partial charge is 0.451 e. The molecular formula is C19H16FN9O3. The first kappa shape index (κ1) is 20.6. The van der Waals surface area contributed by atoms with Gasteiger partial charge in [-0.1, -0.05) is 18.2 Å². The fourth-order valence-corrected chi connectivity index (χ4v) is 3.14. The molecule has 0 aliphatic heterocycles. The number of benzene rings is 1. The molecule has 0 saturated carbocycles. The summed E-state index contributed by atoms with van der Waals surface area (Å²) in [5, 5.41) is 7.92. The molecule has 0 spiro atoms. The molecule has 1 amide bonds. The number of hydrogen-bond donors (Lipinski definition) is 2. The monoisotopic (exact) mass is 437 g/mol. The number of amides is 1. The van der Waals surface area contributed by atoms with Crippen molar-refractivity contribution in [3.63, 3.8) is 0 Å². The summed E-state index contributed by atoms with van der Waals surface area (Å²) in [4.78, 5) is 35.5. The second-order valence-electron chi connectivity index (χ2n) is 6.50. The van der Waals surface area contributed by atoms with E-state index in [4.69, 9.17) is 11.5 Å². The second-order valence-corrected chi connectivity index (χ2v) is 6.50. The van der Waals surface area contributed by atoms with Crippen molar-refractivity contribution in [2.75, 3.05) is 23.6 Å². The third-order valence-electron chi connectivity index (χ3n) is 4.58. The molecule has 0 unspecified atom stereocenters. The van der Waals surface area contributed by atoms with E-state index in [1.165, 1.54) is 10.7 Å². The van der Waals surface area contributed by atoms with Gasteiger partial charge in [-0.3, -0.25) is 0 Å². The van der Waals surface area contributed by atoms with E-state index in [9.17, 15) is 14.1 Å². The molecule has 0 aliphatic carbocycles. The zero-order chi connectivity index (χ0) is 22.8. The van der Waals surface area contributed by atoms with Crippen molar-refractivity contribution >= 4 is 34.4 Å². The number of aromatic nitrogens is 5. The fraction of sp³-hybridized carbons (Fsp3) is 0.105. The Kier molecular flexibility index (Phi) is 5.29. The Bertz CT molecular complexity index is 1320. The van der Waals surface area contributed by atoms with Crippen LogP contribution in [-0.2, 0) is 11.3 Å². The van der Waals surface area contributed by atoms with Crippen molar-refractivity contribution in [2.45, 2.75) is 6.54 Å². The average Bonchev–Trinajstić information content (AvgIpc) is 3.15. The van der Waals surface area contributed by atoms with Gasteiger partial charge in [0, 0.05) is 11.8 Å². The van der Waals surface area contributed by atoms with E-state index in [2.05, 4.69) is 30.1 Å². The molecular weight excluding hydrogens is 421 g/mol. The maximum absolute atomic E-state index is 14.2. The Morgan fingerprint density at radius 2 is 1.91 bits per heavy atom. The minimum Gasteiger partial charge on any atom is -0.451 e. The average molecular weight is 437 g/mol. The van der Waals surface area contributed by atoms with Crippen LogP contribution < -0.4 is 16.5 Å². The van der Waals surface area contributed by atoms with Gasteiger partial charge in [-0.05, 0) is 18.2 Å². The Morgan fingerprint density at radius 1 is 1.19 bits per heavy atom. The van der Waals surface area contributed by atoms with Crippen molar-refractivity contribution in [2.24, 2.45) is 5.29 Å². The number of carbonyl (C=O) groups is 1. The molecule has 162 valence electrons. The number of methoxy groups -OCH3 is 1. The first-order chi connectivity index (χ1) is 15.4. The number of nitrogen functional groups attached to an aromatic ring is 2. The van der Waals surface area contributed by atoms with Crippen LogP contribution in [0.2, 0.25) is 0 Å². The number of fused-ring (bicyclic) bond motifs is 1. The van der Waals surface area contributed by atoms with Crippen LogP contribution in [0.4, 0.5) is 26.5 Å². The number of anilines is 3. The molecule has 3 heterocycles. The molecule has 0 saturated heterocycles. The van der Waals surface area contributed by atoms with Gasteiger partial charge < -0.3 is 16.2 Å². The minimum atomic E-state index is -1.11. The standard InChI is InChI=1S/C19H16FN9O3/c1-32-19(30)29(27-31)14-15(21)24-17(25-16(14)22)13-11-6-4-8-23-18(11)28(26-13)9-10-5-2-3-7-12(10)20/h2-8H,9H2,1H3,(H4,21,22,24,25). The predicted molar refractivity (Wildman–Crippen MR) is 114 cm³/mol. The number of pyridine rings is 1. The van der Waals surface area contributed by atoms with E-state index in [1.54, 1.807) is 36.5 Å². The highest BCUT2D eigenvalue weighted by Gasteiger charge is 2.27. The van der Waals surface area contributed by atoms with Gasteiger partial charge in [0.1, 0.15) is 11.5 Å². The minimum absolute atomic E-state index is 0.0183. The summed E-state index contributed by atoms with van der Waals surface area (Å²) in [6.45, 7) is 0.106. The van der Waals surface area contributed by atoms with Crippen molar-refractivity contribution < 1.29 is 13.9 Å². The Labute approximate surface area is 179 Å². The highest BCUT2D eigenvalue weighted by atomic mass is 19.1. The molecule has 1 aromatic carbocycles. The Balaban J connectivity index is 1.83. The number of nitroso groups, excluding NO2 is 1. The van der Waals surface area contributed by atoms with E-state index >= 15 is 0 Å². The molecule has 0 radical (unpaired) electrons. The highest BCUT2D eigenvalue weighted by Crippen LogP contribution is 2.33. The van der Waals surface area contributed by atoms with Gasteiger partial charge in [0.25, 0.3) is 0 Å². The second kappa shape index (κ2) is 8.22. The van der Waals surface area contributed by atoms with Gasteiger partial charge in [-0.2, -0.15) is 5.10 Å². The number of hydrogen-bond acceptors (Lipinski definition) is 10. The number of carbonyl (C=O) groups excluding carboxylic acids is 1. The molecule has 12 nitrogen and oxygen atoms in total. The molecule has 0 fully saturated rings. The van der Waals surface area contributed by atoms with E-state index in [1.807, 2.05) is 0 Å². The van der Waals surface area contributed by atoms with E-state index in [0.717, 1.165) is 7.11 Å². The van der Waals surface area contributed by atoms with Crippen molar-refractivity contribution in [3.05, 3.63) is 58.9 Å². The summed E-state index contributed by atoms with van der Waals surface area (Å²) in [6, 6.07) is 9.73. The lowest BCUT2D eigenvalue weighted by Gasteiger charge is -2.15. The van der Waals surface area contributed by atoms with Crippen LogP contribution in [-0.4, -0.2) is 37.9 Å². The smallest absolute Gasteiger partial charge is 0.437 e. The first-order valence-electron chi connectivity index (χ1n) is 9.14. The summed E-state index contributed by atoms with van der Waals surface area (Å²) >= 11 is 0. The molecule has 13 heteroatoms. The molecule has 4 rings (SSSR count). The lowest BCUT2D eigenvalue weighted by atomic mass is 10.2. The molecule has 4 aromatic rings. The van der Waals surface area contributed by atoms with E-state index < -0.39 is 6.09 Å². The quantitative estimate of drug-likeness (QED) is 0.352. The summed E-state index contributed by atoms with van der Waals surface area (Å²) < 4.78 is 20.1. The maximum atomic E-state index is 14.2. The van der Waals surface area contributed by atoms with Crippen LogP contribution in [0.15, 0.2) is 47.9 Å². The molecule has 0 aliphatic rings. The van der Waals surface area contributed by atoms with Crippen LogP contribution in [0.3, 0.4) is 0 Å². The first-order valence-corrected chi connectivity index (χ1v) is 9.14. The van der Waals surface area contributed by atoms with Gasteiger partial charge in [0.05, 0.1) is 24.3 Å². The summed E-state index contributed by atoms with van der Waals surface area (Å²) in [7, 11) is 1.06. The molecule has 32 heavy (non-hydrogen) atoms. The van der Waals surface area contributed by atoms with Gasteiger partial charge in [0.2, 0.25) is 0 Å². The Morgan fingerprint density at radius 3 is 2.56 bits per heavy atom. The Hall–Kier alpha value is -4.68. The van der Waals surface area contributed by atoms with Crippen LogP contribution in [0.5, 0.6) is 0 Å². The zero-order valence-electron chi connectivity index (χ0n) is 16.6. The number of ether oxygens (including phenoxy) is 1. The van der Waals surface area contributed by atoms with Crippen molar-refractivity contribution in [1.82, 2.24) is 24.7 Å². The topological polar surface area (TPSA) is 167 Å². The summed E-state index contributed by atoms with van der Waals surface area (Å²) in [5.41, 5.74) is 12.7. The molecule has 3 aromatic heterocycles. The SMILES string of the molecule is COC(=O)N(N=O)c1c(N)nc(-c2nn(Cc3ccccc3F)c3ncccc23)nc1N. The fourth-order valence-electron chi connectivity index (χ4n) is 3.14. The highest BCUT2D eigenvalue weighted by molar-refractivity contribution is 5.95. The maximum Gasteiger partial charge on any atom is 0.437 e. The number of nitrogens with two attached hydrogens (primary N) is 2. The molecule has 0 bridgehead atoms. The van der Waals surface area contributed by atoms with Crippen molar-refractivity contribution in [3.8, 4) is 11.5 Å². The van der Waals surface area contributed by atoms with E-state index in [-0.39, 0.29) is 41.2 Å². The number of rotatable bonds is 5. The summed E-state index contributed by atoms with van der Waals surface area (Å²) in [5.74, 6) is -0.951. The predicted octanol–water partition coefficient (Wildman–Crippen LogP) is 2.49. The van der Waals surface area contributed by atoms with Gasteiger partial charge in [0.15, 0.2) is 28.8 Å². The van der Waals surface area contributed by atoms with Gasteiger partial charge >= 0.3 is 6.09 Å². The molecule has 4 N–H and O–H groups in total. The van der Waals surface area contributed by atoms with Crippen molar-refractivity contribution in [1.29, 1.82) is 0 Å². The lowest BCUT2D eigenvalue weighted by Crippen LogP contribution is -2.27. The van der Waals surface area contributed by atoms with Gasteiger partial charge in [-0.25, -0.2) is 28.8 Å².